The molecule has 0 aliphatic rings. The number of aryl methyl sites for hydroxylation is 1. The summed E-state index contributed by atoms with van der Waals surface area (Å²) in [5.74, 6) is 1.59. The second-order valence-corrected chi connectivity index (χ2v) is 3.94. The van der Waals surface area contributed by atoms with Crippen LogP contribution in [0.1, 0.15) is 25.8 Å². The van der Waals surface area contributed by atoms with Gasteiger partial charge in [0.15, 0.2) is 0 Å². The Labute approximate surface area is 92.8 Å². The molecule has 1 aromatic carbocycles. The second kappa shape index (κ2) is 6.28. The van der Waals surface area contributed by atoms with Gasteiger partial charge < -0.3 is 4.74 Å². The molecule has 1 aromatic rings. The van der Waals surface area contributed by atoms with E-state index in [0.717, 1.165) is 5.75 Å². The van der Waals surface area contributed by atoms with Crippen molar-refractivity contribution in [2.75, 3.05) is 6.61 Å². The van der Waals surface area contributed by atoms with E-state index in [1.807, 2.05) is 12.1 Å². The number of rotatable bonds is 5. The van der Waals surface area contributed by atoms with Crippen LogP contribution in [0.25, 0.3) is 0 Å². The van der Waals surface area contributed by atoms with Crippen molar-refractivity contribution in [3.63, 3.8) is 0 Å². The van der Waals surface area contributed by atoms with Gasteiger partial charge in [0.1, 0.15) is 12.4 Å². The monoisotopic (exact) mass is 204 g/mol. The van der Waals surface area contributed by atoms with Gasteiger partial charge in [-0.25, -0.2) is 0 Å². The molecular formula is C14H20O. The molecule has 0 aliphatic carbocycles. The first-order valence-corrected chi connectivity index (χ1v) is 5.58. The van der Waals surface area contributed by atoms with Gasteiger partial charge in [-0.3, -0.25) is 0 Å². The van der Waals surface area contributed by atoms with Gasteiger partial charge in [0.2, 0.25) is 0 Å². The van der Waals surface area contributed by atoms with Crippen LogP contribution < -0.4 is 4.74 Å². The highest BCUT2D eigenvalue weighted by molar-refractivity contribution is 5.27. The van der Waals surface area contributed by atoms with E-state index in [4.69, 9.17) is 4.74 Å². The van der Waals surface area contributed by atoms with Crippen LogP contribution in [0.3, 0.4) is 0 Å². The van der Waals surface area contributed by atoms with Gasteiger partial charge in [-0.2, -0.15) is 0 Å². The summed E-state index contributed by atoms with van der Waals surface area (Å²) in [5.41, 5.74) is 1.23. The smallest absolute Gasteiger partial charge is 0.120 e. The Bertz CT molecular complexity index is 315. The number of hydrogen-bond acceptors (Lipinski definition) is 1. The minimum atomic E-state index is 0.645. The third kappa shape index (κ3) is 4.68. The van der Waals surface area contributed by atoms with Crippen molar-refractivity contribution in [1.82, 2.24) is 0 Å². The molecule has 0 aliphatic heterocycles. The van der Waals surface area contributed by atoms with E-state index in [1.54, 1.807) is 0 Å². The van der Waals surface area contributed by atoms with E-state index < -0.39 is 0 Å². The van der Waals surface area contributed by atoms with Gasteiger partial charge in [-0.1, -0.05) is 44.6 Å². The quantitative estimate of drug-likeness (QED) is 0.659. The molecule has 0 spiro atoms. The molecule has 0 amide bonds. The fourth-order valence-electron chi connectivity index (χ4n) is 1.27. The normalized spacial score (nSPS) is 13.0. The maximum Gasteiger partial charge on any atom is 0.120 e. The summed E-state index contributed by atoms with van der Waals surface area (Å²) >= 11 is 0. The van der Waals surface area contributed by atoms with Crippen LogP contribution in [0, 0.1) is 12.8 Å². The molecule has 0 bridgehead atoms. The van der Waals surface area contributed by atoms with Crippen molar-refractivity contribution in [3.05, 3.63) is 42.0 Å². The van der Waals surface area contributed by atoms with Crippen molar-refractivity contribution in [2.45, 2.75) is 27.2 Å². The highest BCUT2D eigenvalue weighted by atomic mass is 16.5. The lowest BCUT2D eigenvalue weighted by Gasteiger charge is -2.04. The van der Waals surface area contributed by atoms with E-state index in [9.17, 15) is 0 Å². The van der Waals surface area contributed by atoms with Crippen molar-refractivity contribution in [3.8, 4) is 5.75 Å². The Morgan fingerprint density at radius 3 is 2.87 bits per heavy atom. The number of allylic oxidation sites excluding steroid dienone is 1. The summed E-state index contributed by atoms with van der Waals surface area (Å²) in [5, 5.41) is 0. The van der Waals surface area contributed by atoms with Crippen LogP contribution in [0.15, 0.2) is 36.4 Å². The van der Waals surface area contributed by atoms with Crippen LogP contribution in [0.4, 0.5) is 0 Å². The molecule has 15 heavy (non-hydrogen) atoms. The van der Waals surface area contributed by atoms with Crippen LogP contribution in [0.2, 0.25) is 0 Å². The van der Waals surface area contributed by atoms with Crippen LogP contribution in [-0.4, -0.2) is 6.61 Å². The van der Waals surface area contributed by atoms with Crippen LogP contribution in [-0.2, 0) is 0 Å². The Hall–Kier alpha value is -1.24. The van der Waals surface area contributed by atoms with Gasteiger partial charge in [0.25, 0.3) is 0 Å². The average molecular weight is 204 g/mol. The van der Waals surface area contributed by atoms with E-state index >= 15 is 0 Å². The first-order valence-electron chi connectivity index (χ1n) is 5.58. The maximum atomic E-state index is 5.59. The lowest BCUT2D eigenvalue weighted by atomic mass is 10.1. The molecule has 0 heterocycles. The fraction of sp³-hybridized carbons (Fsp3) is 0.429. The summed E-state index contributed by atoms with van der Waals surface area (Å²) in [7, 11) is 0. The number of benzene rings is 1. The summed E-state index contributed by atoms with van der Waals surface area (Å²) in [6, 6.07) is 8.13. The van der Waals surface area contributed by atoms with E-state index in [2.05, 4.69) is 45.1 Å². The first kappa shape index (κ1) is 11.8. The van der Waals surface area contributed by atoms with Gasteiger partial charge in [-0.05, 0) is 30.5 Å². The van der Waals surface area contributed by atoms with Crippen LogP contribution >= 0.6 is 0 Å². The van der Waals surface area contributed by atoms with E-state index in [0.29, 0.717) is 12.5 Å². The molecule has 1 nitrogen and oxygen atoms in total. The number of hydrogen-bond donors (Lipinski definition) is 0. The largest absolute Gasteiger partial charge is 0.490 e. The van der Waals surface area contributed by atoms with Gasteiger partial charge in [0, 0.05) is 0 Å². The summed E-state index contributed by atoms with van der Waals surface area (Å²) in [6.07, 6.45) is 5.48. The van der Waals surface area contributed by atoms with Crippen molar-refractivity contribution in [2.24, 2.45) is 5.92 Å². The lowest BCUT2D eigenvalue weighted by Crippen LogP contribution is -1.94. The third-order valence-electron chi connectivity index (χ3n) is 2.44. The Morgan fingerprint density at radius 1 is 1.40 bits per heavy atom. The molecule has 0 aromatic heterocycles. The molecule has 0 saturated carbocycles. The summed E-state index contributed by atoms with van der Waals surface area (Å²) in [4.78, 5) is 0. The topological polar surface area (TPSA) is 9.23 Å². The standard InChI is InChI=1S/C14H20O/c1-4-12(2)8-6-10-15-14-9-5-7-13(3)11-14/h5-9,11-12H,4,10H2,1-3H3/b8-6-. The fourth-order valence-corrected chi connectivity index (χ4v) is 1.27. The molecule has 1 unspecified atom stereocenters. The van der Waals surface area contributed by atoms with Crippen LogP contribution in [0.5, 0.6) is 5.75 Å². The summed E-state index contributed by atoms with van der Waals surface area (Å²) < 4.78 is 5.59. The zero-order chi connectivity index (χ0) is 11.1. The molecular weight excluding hydrogens is 184 g/mol. The summed E-state index contributed by atoms with van der Waals surface area (Å²) in [6.45, 7) is 7.13. The molecule has 1 rings (SSSR count). The van der Waals surface area contributed by atoms with Gasteiger partial charge in [-0.15, -0.1) is 0 Å². The van der Waals surface area contributed by atoms with Gasteiger partial charge >= 0.3 is 0 Å². The predicted molar refractivity (Wildman–Crippen MR) is 65.3 cm³/mol. The van der Waals surface area contributed by atoms with Gasteiger partial charge in [0.05, 0.1) is 0 Å². The average Bonchev–Trinajstić information content (AvgIpc) is 2.24. The lowest BCUT2D eigenvalue weighted by molar-refractivity contribution is 0.361. The Morgan fingerprint density at radius 2 is 2.20 bits per heavy atom. The second-order valence-electron chi connectivity index (χ2n) is 3.94. The number of ether oxygens (including phenoxy) is 1. The highest BCUT2D eigenvalue weighted by Crippen LogP contribution is 2.12. The molecule has 1 heteroatoms. The minimum absolute atomic E-state index is 0.645. The van der Waals surface area contributed by atoms with E-state index in [1.165, 1.54) is 12.0 Å². The van der Waals surface area contributed by atoms with E-state index in [-0.39, 0.29) is 0 Å². The zero-order valence-corrected chi connectivity index (χ0v) is 9.86. The molecule has 82 valence electrons. The third-order valence-corrected chi connectivity index (χ3v) is 2.44. The molecule has 0 radical (unpaired) electrons. The molecule has 1 atom stereocenters. The molecule has 0 N–H and O–H groups in total. The van der Waals surface area contributed by atoms with Crippen molar-refractivity contribution < 1.29 is 4.74 Å². The SMILES string of the molecule is CCC(C)/C=C\COc1cccc(C)c1. The Balaban J connectivity index is 2.35. The Kier molecular flexibility index (Phi) is 4.96. The molecule has 0 fully saturated rings. The van der Waals surface area contributed by atoms with Crippen molar-refractivity contribution in [1.29, 1.82) is 0 Å². The maximum absolute atomic E-state index is 5.59. The highest BCUT2D eigenvalue weighted by Gasteiger charge is 1.92. The molecule has 0 saturated heterocycles. The first-order chi connectivity index (χ1) is 7.22. The zero-order valence-electron chi connectivity index (χ0n) is 9.86. The van der Waals surface area contributed by atoms with Crippen molar-refractivity contribution >= 4 is 0 Å². The predicted octanol–water partition coefficient (Wildman–Crippen LogP) is 3.98. The minimum Gasteiger partial charge on any atom is -0.490 e.